The summed E-state index contributed by atoms with van der Waals surface area (Å²) in [6, 6.07) is 1.84. The smallest absolute Gasteiger partial charge is 0.329 e. The van der Waals surface area contributed by atoms with Gasteiger partial charge in [0, 0.05) is 17.1 Å². The highest BCUT2D eigenvalue weighted by Crippen LogP contribution is 2.29. The molecular weight excluding hydrogens is 316 g/mol. The molecule has 0 bridgehead atoms. The molecule has 0 unspecified atom stereocenters. The lowest BCUT2D eigenvalue weighted by Crippen LogP contribution is -2.41. The second-order valence-corrected chi connectivity index (χ2v) is 4.86. The Balaban J connectivity index is 2.85. The minimum Gasteiger partial charge on any atom is -0.867 e. The number of hydrogen-bond acceptors (Lipinski definition) is 6. The first kappa shape index (κ1) is 17.4. The van der Waals surface area contributed by atoms with Gasteiger partial charge in [0.2, 0.25) is 0 Å². The molecule has 0 spiro atoms. The molecule has 9 nitrogen and oxygen atoms in total. The van der Waals surface area contributed by atoms with Crippen molar-refractivity contribution < 1.29 is 19.6 Å². The van der Waals surface area contributed by atoms with Crippen LogP contribution in [0.25, 0.3) is 0 Å². The van der Waals surface area contributed by atoms with Crippen molar-refractivity contribution in [3.8, 4) is 5.75 Å². The molecule has 1 rings (SSSR count). The predicted octanol–water partition coefficient (Wildman–Crippen LogP) is 0.296. The second kappa shape index (κ2) is 7.36. The third-order valence-electron chi connectivity index (χ3n) is 2.26. The van der Waals surface area contributed by atoms with E-state index in [0.29, 0.717) is 0 Å². The van der Waals surface area contributed by atoms with E-state index >= 15 is 0 Å². The summed E-state index contributed by atoms with van der Waals surface area (Å²) in [5.74, 6) is -2.83. The van der Waals surface area contributed by atoms with E-state index in [1.54, 1.807) is 13.8 Å². The van der Waals surface area contributed by atoms with Crippen LogP contribution in [0, 0.1) is 10.1 Å². The van der Waals surface area contributed by atoms with Crippen LogP contribution < -0.4 is 15.8 Å². The number of carbonyl (C=O) groups excluding carboxylic acids is 2. The predicted molar refractivity (Wildman–Crippen MR) is 76.6 cm³/mol. The van der Waals surface area contributed by atoms with Crippen LogP contribution in [-0.4, -0.2) is 29.0 Å². The zero-order valence-electron chi connectivity index (χ0n) is 11.6. The van der Waals surface area contributed by atoms with Gasteiger partial charge in [-0.05, 0) is 31.2 Å². The van der Waals surface area contributed by atoms with Crippen LogP contribution >= 0.6 is 11.6 Å². The van der Waals surface area contributed by atoms with Gasteiger partial charge in [0.1, 0.15) is 0 Å². The Bertz CT molecular complexity index is 645. The van der Waals surface area contributed by atoms with Gasteiger partial charge in [0.15, 0.2) is 0 Å². The van der Waals surface area contributed by atoms with Crippen LogP contribution in [0.2, 0.25) is 5.02 Å². The third-order valence-corrected chi connectivity index (χ3v) is 2.47. The highest BCUT2D eigenvalue weighted by atomic mass is 35.5. The fraction of sp³-hybridized carbons (Fsp3) is 0.250. The van der Waals surface area contributed by atoms with E-state index in [0.717, 1.165) is 18.3 Å². The zero-order valence-corrected chi connectivity index (χ0v) is 12.4. The molecule has 0 radical (unpaired) electrons. The molecule has 22 heavy (non-hydrogen) atoms. The van der Waals surface area contributed by atoms with Gasteiger partial charge >= 0.3 is 11.8 Å². The standard InChI is InChI=1S/C12H13ClN4O5/c1-6(2)15-11(19)12(20)16-14-5-7-3-8(13)4-9(10(7)18)17(21)22/h3-6,18H,1-2H3,(H,15,19)(H,16,20)/p-1/b14-5-. The average Bonchev–Trinajstić information content (AvgIpc) is 2.40. The van der Waals surface area contributed by atoms with Crippen LogP contribution in [0.1, 0.15) is 19.4 Å². The topological polar surface area (TPSA) is 137 Å². The molecule has 2 N–H and O–H groups in total. The van der Waals surface area contributed by atoms with E-state index in [4.69, 9.17) is 11.6 Å². The summed E-state index contributed by atoms with van der Waals surface area (Å²) in [4.78, 5) is 32.4. The summed E-state index contributed by atoms with van der Waals surface area (Å²) in [6.07, 6.45) is 0.877. The van der Waals surface area contributed by atoms with Gasteiger partial charge in [0.05, 0.1) is 11.1 Å². The summed E-state index contributed by atoms with van der Waals surface area (Å²) in [7, 11) is 0. The number of rotatable bonds is 4. The fourth-order valence-electron chi connectivity index (χ4n) is 1.37. The van der Waals surface area contributed by atoms with Gasteiger partial charge in [-0.1, -0.05) is 11.6 Å². The van der Waals surface area contributed by atoms with Crippen molar-refractivity contribution in [2.24, 2.45) is 5.10 Å². The van der Waals surface area contributed by atoms with Crippen molar-refractivity contribution >= 4 is 35.3 Å². The Kier molecular flexibility index (Phi) is 5.81. The molecule has 0 saturated carbocycles. The van der Waals surface area contributed by atoms with Crippen molar-refractivity contribution in [1.29, 1.82) is 0 Å². The normalized spacial score (nSPS) is 10.7. The summed E-state index contributed by atoms with van der Waals surface area (Å²) in [6.45, 7) is 3.34. The molecule has 0 heterocycles. The Morgan fingerprint density at radius 3 is 2.55 bits per heavy atom. The van der Waals surface area contributed by atoms with Crippen molar-refractivity contribution in [3.05, 3.63) is 32.8 Å². The molecule has 0 saturated heterocycles. The lowest BCUT2D eigenvalue weighted by atomic mass is 10.2. The number of amides is 2. The number of nitrogens with one attached hydrogen (secondary N) is 2. The average molecular weight is 328 g/mol. The van der Waals surface area contributed by atoms with Gasteiger partial charge in [-0.15, -0.1) is 0 Å². The minimum atomic E-state index is -1.03. The molecule has 10 heteroatoms. The molecular formula is C12H12ClN4O5-. The first-order valence-corrected chi connectivity index (χ1v) is 6.39. The van der Waals surface area contributed by atoms with E-state index < -0.39 is 28.2 Å². The van der Waals surface area contributed by atoms with Crippen LogP contribution in [0.15, 0.2) is 17.2 Å². The maximum atomic E-state index is 11.7. The number of nitro benzene ring substituents is 1. The highest BCUT2D eigenvalue weighted by molar-refractivity contribution is 6.35. The number of benzene rings is 1. The molecule has 0 aromatic heterocycles. The van der Waals surface area contributed by atoms with Gasteiger partial charge in [0.25, 0.3) is 5.69 Å². The molecule has 0 aliphatic heterocycles. The van der Waals surface area contributed by atoms with Gasteiger partial charge in [-0.25, -0.2) is 5.43 Å². The van der Waals surface area contributed by atoms with Crippen LogP contribution in [0.5, 0.6) is 5.75 Å². The minimum absolute atomic E-state index is 0.0309. The monoisotopic (exact) mass is 327 g/mol. The van der Waals surface area contributed by atoms with Gasteiger partial charge in [-0.2, -0.15) is 5.10 Å². The Labute approximate surface area is 130 Å². The number of carbonyl (C=O) groups is 2. The summed E-state index contributed by atoms with van der Waals surface area (Å²) in [5.41, 5.74) is 0.997. The lowest BCUT2D eigenvalue weighted by Gasteiger charge is -2.10. The van der Waals surface area contributed by atoms with E-state index in [9.17, 15) is 24.8 Å². The second-order valence-electron chi connectivity index (χ2n) is 4.43. The largest absolute Gasteiger partial charge is 0.867 e. The molecule has 0 atom stereocenters. The Hall–Kier alpha value is -2.68. The quantitative estimate of drug-likeness (QED) is 0.354. The van der Waals surface area contributed by atoms with E-state index in [2.05, 4.69) is 10.4 Å². The summed E-state index contributed by atoms with van der Waals surface area (Å²) >= 11 is 5.66. The van der Waals surface area contributed by atoms with Crippen LogP contribution in [0.3, 0.4) is 0 Å². The van der Waals surface area contributed by atoms with Crippen molar-refractivity contribution in [1.82, 2.24) is 10.7 Å². The number of nitro groups is 1. The first-order valence-electron chi connectivity index (χ1n) is 6.01. The van der Waals surface area contributed by atoms with Crippen LogP contribution in [-0.2, 0) is 9.59 Å². The van der Waals surface area contributed by atoms with Crippen molar-refractivity contribution in [2.75, 3.05) is 0 Å². The Morgan fingerprint density at radius 2 is 2.00 bits per heavy atom. The number of nitrogens with zero attached hydrogens (tertiary/aromatic N) is 2. The SMILES string of the molecule is CC(C)NC(=O)C(=O)N/N=C\c1cc(Cl)cc([N+](=O)[O-])c1[O-]. The van der Waals surface area contributed by atoms with E-state index in [-0.39, 0.29) is 16.6 Å². The maximum absolute atomic E-state index is 11.7. The van der Waals surface area contributed by atoms with Gasteiger partial charge < -0.3 is 10.4 Å². The lowest BCUT2D eigenvalue weighted by molar-refractivity contribution is -0.398. The number of hydrogen-bond donors (Lipinski definition) is 2. The van der Waals surface area contributed by atoms with Crippen LogP contribution in [0.4, 0.5) is 5.69 Å². The molecule has 2 amide bonds. The molecule has 0 fully saturated rings. The van der Waals surface area contributed by atoms with Crippen molar-refractivity contribution in [2.45, 2.75) is 19.9 Å². The third kappa shape index (κ3) is 4.70. The fourth-order valence-corrected chi connectivity index (χ4v) is 1.59. The number of halogens is 1. The van der Waals surface area contributed by atoms with E-state index in [1.807, 2.05) is 5.43 Å². The first-order chi connectivity index (χ1) is 10.2. The molecule has 1 aromatic rings. The molecule has 1 aromatic carbocycles. The number of hydrazone groups is 1. The maximum Gasteiger partial charge on any atom is 0.329 e. The van der Waals surface area contributed by atoms with Crippen molar-refractivity contribution in [3.63, 3.8) is 0 Å². The highest BCUT2D eigenvalue weighted by Gasteiger charge is 2.14. The van der Waals surface area contributed by atoms with Gasteiger partial charge in [-0.3, -0.25) is 19.7 Å². The molecule has 0 aliphatic carbocycles. The van der Waals surface area contributed by atoms with E-state index in [1.165, 1.54) is 0 Å². The zero-order chi connectivity index (χ0) is 16.9. The molecule has 118 valence electrons. The molecule has 0 aliphatic rings. The summed E-state index contributed by atoms with van der Waals surface area (Å²) < 4.78 is 0. The Morgan fingerprint density at radius 1 is 1.36 bits per heavy atom. The summed E-state index contributed by atoms with van der Waals surface area (Å²) in [5, 5.41) is 28.1.